The fraction of sp³-hybridized carbons (Fsp3) is 0.824. The second-order valence-corrected chi connectivity index (χ2v) is 7.35. The first-order valence-electron chi connectivity index (χ1n) is 8.89. The SMILES string of the molecule is O=C(O)CC1(NC(=O)C2CCCN(C(=O)C3CC3)C2)CCOCC1. The number of carbonyl (C=O) groups is 3. The van der Waals surface area contributed by atoms with E-state index in [1.165, 1.54) is 0 Å². The van der Waals surface area contributed by atoms with Crippen LogP contribution in [0.4, 0.5) is 0 Å². The number of aliphatic carboxylic acids is 1. The van der Waals surface area contributed by atoms with E-state index in [4.69, 9.17) is 4.74 Å². The van der Waals surface area contributed by atoms with Gasteiger partial charge in [-0.05, 0) is 38.5 Å². The molecule has 0 aromatic rings. The quantitative estimate of drug-likeness (QED) is 0.772. The molecule has 2 amide bonds. The van der Waals surface area contributed by atoms with Gasteiger partial charge in [0, 0.05) is 32.2 Å². The van der Waals surface area contributed by atoms with Gasteiger partial charge in [0.1, 0.15) is 0 Å². The van der Waals surface area contributed by atoms with Gasteiger partial charge in [-0.1, -0.05) is 0 Å². The molecule has 0 spiro atoms. The van der Waals surface area contributed by atoms with Crippen molar-refractivity contribution in [3.05, 3.63) is 0 Å². The van der Waals surface area contributed by atoms with Gasteiger partial charge in [0.15, 0.2) is 0 Å². The Bertz CT molecular complexity index is 511. The molecule has 2 aliphatic heterocycles. The molecule has 2 N–H and O–H groups in total. The van der Waals surface area contributed by atoms with Crippen LogP contribution in [0.3, 0.4) is 0 Å². The molecule has 1 aliphatic carbocycles. The number of likely N-dealkylation sites (tertiary alicyclic amines) is 1. The maximum absolute atomic E-state index is 12.7. The van der Waals surface area contributed by atoms with Gasteiger partial charge < -0.3 is 20.1 Å². The highest BCUT2D eigenvalue weighted by molar-refractivity contribution is 5.84. The largest absolute Gasteiger partial charge is 0.481 e. The summed E-state index contributed by atoms with van der Waals surface area (Å²) in [5.74, 6) is -0.924. The lowest BCUT2D eigenvalue weighted by atomic mass is 9.85. The third-order valence-electron chi connectivity index (χ3n) is 5.36. The fourth-order valence-electron chi connectivity index (χ4n) is 3.74. The Morgan fingerprint density at radius 2 is 1.83 bits per heavy atom. The summed E-state index contributed by atoms with van der Waals surface area (Å²) in [6.45, 7) is 2.11. The van der Waals surface area contributed by atoms with Crippen molar-refractivity contribution in [1.82, 2.24) is 10.2 Å². The van der Waals surface area contributed by atoms with E-state index in [0.29, 0.717) is 32.6 Å². The van der Waals surface area contributed by atoms with Crippen molar-refractivity contribution in [3.63, 3.8) is 0 Å². The molecule has 1 atom stereocenters. The molecular formula is C17H26N2O5. The molecule has 1 saturated carbocycles. The van der Waals surface area contributed by atoms with Crippen LogP contribution in [0.5, 0.6) is 0 Å². The van der Waals surface area contributed by atoms with Gasteiger partial charge in [0.25, 0.3) is 0 Å². The normalized spacial score (nSPS) is 26.7. The van der Waals surface area contributed by atoms with E-state index in [9.17, 15) is 19.5 Å². The highest BCUT2D eigenvalue weighted by atomic mass is 16.5. The van der Waals surface area contributed by atoms with Crippen LogP contribution in [-0.4, -0.2) is 59.6 Å². The van der Waals surface area contributed by atoms with E-state index < -0.39 is 11.5 Å². The molecule has 0 aromatic heterocycles. The highest BCUT2D eigenvalue weighted by Gasteiger charge is 2.40. The smallest absolute Gasteiger partial charge is 0.305 e. The lowest BCUT2D eigenvalue weighted by molar-refractivity contribution is -0.141. The molecule has 0 radical (unpaired) electrons. The summed E-state index contributed by atoms with van der Waals surface area (Å²) in [5, 5.41) is 12.2. The minimum Gasteiger partial charge on any atom is -0.481 e. The molecule has 7 heteroatoms. The summed E-state index contributed by atoms with van der Waals surface area (Å²) in [4.78, 5) is 38.0. The summed E-state index contributed by atoms with van der Waals surface area (Å²) in [6.07, 6.45) is 4.46. The summed E-state index contributed by atoms with van der Waals surface area (Å²) in [7, 11) is 0. The average molecular weight is 338 g/mol. The zero-order valence-corrected chi connectivity index (χ0v) is 14.0. The summed E-state index contributed by atoms with van der Waals surface area (Å²) < 4.78 is 5.32. The van der Waals surface area contributed by atoms with Gasteiger partial charge in [-0.3, -0.25) is 14.4 Å². The molecule has 3 aliphatic rings. The highest BCUT2D eigenvalue weighted by Crippen LogP contribution is 2.33. The van der Waals surface area contributed by atoms with Crippen molar-refractivity contribution < 1.29 is 24.2 Å². The maximum Gasteiger partial charge on any atom is 0.305 e. The third-order valence-corrected chi connectivity index (χ3v) is 5.36. The number of ether oxygens (including phenoxy) is 1. The Morgan fingerprint density at radius 3 is 2.46 bits per heavy atom. The molecule has 3 rings (SSSR count). The minimum atomic E-state index is -0.911. The van der Waals surface area contributed by atoms with Crippen LogP contribution < -0.4 is 5.32 Å². The minimum absolute atomic E-state index is 0.0838. The summed E-state index contributed by atoms with van der Waals surface area (Å²) >= 11 is 0. The first kappa shape index (κ1) is 17.2. The molecule has 1 unspecified atom stereocenters. The van der Waals surface area contributed by atoms with Crippen LogP contribution in [0.15, 0.2) is 0 Å². The predicted octanol–water partition coefficient (Wildman–Crippen LogP) is 0.775. The van der Waals surface area contributed by atoms with Crippen molar-refractivity contribution in [2.75, 3.05) is 26.3 Å². The number of carboxylic acid groups (broad SMARTS) is 1. The van der Waals surface area contributed by atoms with Crippen molar-refractivity contribution in [1.29, 1.82) is 0 Å². The molecule has 2 heterocycles. The van der Waals surface area contributed by atoms with Gasteiger partial charge in [0.2, 0.25) is 11.8 Å². The van der Waals surface area contributed by atoms with Gasteiger partial charge >= 0.3 is 5.97 Å². The van der Waals surface area contributed by atoms with E-state index in [1.807, 2.05) is 4.90 Å². The Balaban J connectivity index is 1.61. The molecule has 7 nitrogen and oxygen atoms in total. The number of carbonyl (C=O) groups excluding carboxylic acids is 2. The monoisotopic (exact) mass is 338 g/mol. The van der Waals surface area contributed by atoms with Gasteiger partial charge in [0.05, 0.1) is 17.9 Å². The number of piperidine rings is 1. The number of carboxylic acids is 1. The van der Waals surface area contributed by atoms with Crippen LogP contribution in [0.25, 0.3) is 0 Å². The van der Waals surface area contributed by atoms with Crippen LogP contribution in [0.1, 0.15) is 44.9 Å². The third kappa shape index (κ3) is 4.06. The number of nitrogens with one attached hydrogen (secondary N) is 1. The van der Waals surface area contributed by atoms with Crippen molar-refractivity contribution in [2.24, 2.45) is 11.8 Å². The summed E-state index contributed by atoms with van der Waals surface area (Å²) in [5.41, 5.74) is -0.718. The van der Waals surface area contributed by atoms with Crippen molar-refractivity contribution >= 4 is 17.8 Å². The molecular weight excluding hydrogens is 312 g/mol. The number of nitrogens with zero attached hydrogens (tertiary/aromatic N) is 1. The Labute approximate surface area is 141 Å². The second-order valence-electron chi connectivity index (χ2n) is 7.35. The van der Waals surface area contributed by atoms with Crippen molar-refractivity contribution in [2.45, 2.75) is 50.5 Å². The van der Waals surface area contributed by atoms with E-state index in [1.54, 1.807) is 0 Å². The van der Waals surface area contributed by atoms with Crippen molar-refractivity contribution in [3.8, 4) is 0 Å². The molecule has 134 valence electrons. The maximum atomic E-state index is 12.7. The molecule has 24 heavy (non-hydrogen) atoms. The van der Waals surface area contributed by atoms with E-state index >= 15 is 0 Å². The zero-order valence-electron chi connectivity index (χ0n) is 14.0. The van der Waals surface area contributed by atoms with Gasteiger partial charge in [-0.15, -0.1) is 0 Å². The predicted molar refractivity (Wildman–Crippen MR) is 85.2 cm³/mol. The number of amides is 2. The lowest BCUT2D eigenvalue weighted by Gasteiger charge is -2.39. The van der Waals surface area contributed by atoms with E-state index in [-0.39, 0.29) is 30.1 Å². The lowest BCUT2D eigenvalue weighted by Crippen LogP contribution is -2.56. The first-order chi connectivity index (χ1) is 11.5. The van der Waals surface area contributed by atoms with Gasteiger partial charge in [-0.2, -0.15) is 0 Å². The van der Waals surface area contributed by atoms with E-state index in [0.717, 1.165) is 32.2 Å². The Morgan fingerprint density at radius 1 is 1.12 bits per heavy atom. The molecule has 0 aromatic carbocycles. The van der Waals surface area contributed by atoms with Crippen LogP contribution >= 0.6 is 0 Å². The Hall–Kier alpha value is -1.63. The molecule has 0 bridgehead atoms. The topological polar surface area (TPSA) is 95.9 Å². The summed E-state index contributed by atoms with van der Waals surface area (Å²) in [6, 6.07) is 0. The zero-order chi connectivity index (χ0) is 17.2. The van der Waals surface area contributed by atoms with Crippen LogP contribution in [-0.2, 0) is 19.1 Å². The number of hydrogen-bond acceptors (Lipinski definition) is 4. The second kappa shape index (κ2) is 7.09. The van der Waals surface area contributed by atoms with Crippen LogP contribution in [0, 0.1) is 11.8 Å². The average Bonchev–Trinajstić information content (AvgIpc) is 3.39. The number of rotatable bonds is 5. The molecule has 3 fully saturated rings. The molecule has 2 saturated heterocycles. The number of hydrogen-bond donors (Lipinski definition) is 2. The fourth-order valence-corrected chi connectivity index (χ4v) is 3.74. The first-order valence-corrected chi connectivity index (χ1v) is 8.89. The van der Waals surface area contributed by atoms with E-state index in [2.05, 4.69) is 5.32 Å². The van der Waals surface area contributed by atoms with Gasteiger partial charge in [-0.25, -0.2) is 0 Å². The standard InChI is InChI=1S/C17H26N2O5/c20-14(21)10-17(5-8-24-9-6-17)18-15(22)13-2-1-7-19(11-13)16(23)12-3-4-12/h12-13H,1-11H2,(H,18,22)(H,20,21). The Kier molecular flexibility index (Phi) is 5.08. The van der Waals surface area contributed by atoms with Crippen LogP contribution in [0.2, 0.25) is 0 Å².